The van der Waals surface area contributed by atoms with Crippen LogP contribution in [0.1, 0.15) is 105 Å². The van der Waals surface area contributed by atoms with E-state index >= 15 is 0 Å². The SMILES string of the molecule is CC(C)(C)OOC(C)(C)C.CCCCCO.CCCCCOCc1ccccc1.Cc1ccccc1. The molecule has 0 saturated heterocycles. The summed E-state index contributed by atoms with van der Waals surface area (Å²) in [5.41, 5.74) is 2.15. The van der Waals surface area contributed by atoms with Crippen LogP contribution in [0.5, 0.6) is 0 Å². The molecule has 0 bridgehead atoms. The number of benzene rings is 2. The summed E-state index contributed by atoms with van der Waals surface area (Å²) in [5, 5.41) is 8.20. The van der Waals surface area contributed by atoms with E-state index in [0.29, 0.717) is 6.61 Å². The average Bonchev–Trinajstić information content (AvgIpc) is 2.83. The molecule has 4 nitrogen and oxygen atoms in total. The van der Waals surface area contributed by atoms with Gasteiger partial charge >= 0.3 is 0 Å². The maximum absolute atomic E-state index is 8.20. The Labute approximate surface area is 223 Å². The van der Waals surface area contributed by atoms with Crippen LogP contribution in [0, 0.1) is 6.92 Å². The molecule has 2 aromatic rings. The van der Waals surface area contributed by atoms with Gasteiger partial charge in [0.05, 0.1) is 17.8 Å². The van der Waals surface area contributed by atoms with Crippen LogP contribution in [0.4, 0.5) is 0 Å². The summed E-state index contributed by atoms with van der Waals surface area (Å²) in [7, 11) is 0. The molecule has 0 aliphatic heterocycles. The predicted octanol–water partition coefficient (Wildman–Crippen LogP) is 9.09. The summed E-state index contributed by atoms with van der Waals surface area (Å²) in [5.74, 6) is 0. The van der Waals surface area contributed by atoms with Crippen molar-refractivity contribution in [3.05, 3.63) is 71.8 Å². The predicted molar refractivity (Wildman–Crippen MR) is 155 cm³/mol. The number of aryl methyl sites for hydroxylation is 1. The van der Waals surface area contributed by atoms with Crippen molar-refractivity contribution in [1.82, 2.24) is 0 Å². The number of hydrogen-bond acceptors (Lipinski definition) is 4. The lowest BCUT2D eigenvalue weighted by Gasteiger charge is -2.24. The second-order valence-electron chi connectivity index (χ2n) is 10.7. The highest BCUT2D eigenvalue weighted by Gasteiger charge is 2.18. The van der Waals surface area contributed by atoms with Gasteiger partial charge in [-0.2, -0.15) is 0 Å². The van der Waals surface area contributed by atoms with Crippen LogP contribution in [-0.4, -0.2) is 29.5 Å². The largest absolute Gasteiger partial charge is 0.396 e. The van der Waals surface area contributed by atoms with Gasteiger partial charge in [-0.1, -0.05) is 106 Å². The van der Waals surface area contributed by atoms with E-state index in [1.165, 1.54) is 36.8 Å². The second-order valence-corrected chi connectivity index (χ2v) is 10.7. The third kappa shape index (κ3) is 32.3. The van der Waals surface area contributed by atoms with Crippen LogP contribution >= 0.6 is 0 Å². The van der Waals surface area contributed by atoms with Crippen molar-refractivity contribution >= 4 is 0 Å². The lowest BCUT2D eigenvalue weighted by atomic mass is 10.2. The van der Waals surface area contributed by atoms with Crippen LogP contribution in [-0.2, 0) is 21.1 Å². The van der Waals surface area contributed by atoms with Crippen LogP contribution in [0.25, 0.3) is 0 Å². The Morgan fingerprint density at radius 3 is 1.42 bits per heavy atom. The topological polar surface area (TPSA) is 47.9 Å². The molecule has 0 aliphatic carbocycles. The fourth-order valence-corrected chi connectivity index (χ4v) is 2.36. The van der Waals surface area contributed by atoms with Gasteiger partial charge in [0.1, 0.15) is 0 Å². The monoisotopic (exact) mass is 504 g/mol. The molecule has 4 heteroatoms. The molecule has 0 atom stereocenters. The third-order valence-corrected chi connectivity index (χ3v) is 4.25. The molecule has 0 amide bonds. The second kappa shape index (κ2) is 23.7. The summed E-state index contributed by atoms with van der Waals surface area (Å²) < 4.78 is 5.52. The summed E-state index contributed by atoms with van der Waals surface area (Å²) in [4.78, 5) is 10.2. The zero-order chi connectivity index (χ0) is 27.7. The summed E-state index contributed by atoms with van der Waals surface area (Å²) in [6.45, 7) is 20.2. The van der Waals surface area contributed by atoms with Crippen LogP contribution in [0.15, 0.2) is 60.7 Å². The summed E-state index contributed by atoms with van der Waals surface area (Å²) in [6.07, 6.45) is 7.04. The molecule has 36 heavy (non-hydrogen) atoms. The van der Waals surface area contributed by atoms with E-state index in [2.05, 4.69) is 45.0 Å². The molecule has 208 valence electrons. The number of rotatable bonds is 10. The molecular formula is C32H56O4. The zero-order valence-electron chi connectivity index (χ0n) is 24.8. The van der Waals surface area contributed by atoms with Crippen molar-refractivity contribution in [2.24, 2.45) is 0 Å². The first-order valence-corrected chi connectivity index (χ1v) is 13.6. The van der Waals surface area contributed by atoms with Gasteiger partial charge in [0.2, 0.25) is 0 Å². The molecule has 0 fully saturated rings. The van der Waals surface area contributed by atoms with Gasteiger partial charge in [0.25, 0.3) is 0 Å². The minimum absolute atomic E-state index is 0.215. The minimum atomic E-state index is -0.215. The molecule has 0 radical (unpaired) electrons. The molecule has 0 aromatic heterocycles. The van der Waals surface area contributed by atoms with Crippen molar-refractivity contribution in [2.45, 2.75) is 119 Å². The first kappa shape index (κ1) is 36.4. The maximum Gasteiger partial charge on any atom is 0.0952 e. The lowest BCUT2D eigenvalue weighted by Crippen LogP contribution is -2.27. The molecular weight excluding hydrogens is 448 g/mol. The number of aliphatic hydroxyl groups excluding tert-OH is 1. The number of ether oxygens (including phenoxy) is 1. The van der Waals surface area contributed by atoms with E-state index in [0.717, 1.165) is 26.1 Å². The van der Waals surface area contributed by atoms with E-state index in [9.17, 15) is 0 Å². The van der Waals surface area contributed by atoms with Crippen molar-refractivity contribution in [3.63, 3.8) is 0 Å². The Hall–Kier alpha value is -1.72. The van der Waals surface area contributed by atoms with Crippen molar-refractivity contribution in [3.8, 4) is 0 Å². The third-order valence-electron chi connectivity index (χ3n) is 4.25. The highest BCUT2D eigenvalue weighted by atomic mass is 17.2. The van der Waals surface area contributed by atoms with Crippen LogP contribution in [0.2, 0.25) is 0 Å². The molecule has 0 unspecified atom stereocenters. The van der Waals surface area contributed by atoms with Crippen molar-refractivity contribution in [1.29, 1.82) is 0 Å². The first-order valence-electron chi connectivity index (χ1n) is 13.6. The van der Waals surface area contributed by atoms with Crippen molar-refractivity contribution < 1.29 is 19.6 Å². The summed E-state index contributed by atoms with van der Waals surface area (Å²) in [6, 6.07) is 20.6. The van der Waals surface area contributed by atoms with E-state index in [-0.39, 0.29) is 11.2 Å². The van der Waals surface area contributed by atoms with Crippen molar-refractivity contribution in [2.75, 3.05) is 13.2 Å². The molecule has 0 aliphatic rings. The molecule has 1 N–H and O–H groups in total. The van der Waals surface area contributed by atoms with Gasteiger partial charge in [-0.25, -0.2) is 9.78 Å². The number of unbranched alkanes of at least 4 members (excludes halogenated alkanes) is 4. The van der Waals surface area contributed by atoms with Gasteiger partial charge in [-0.15, -0.1) is 0 Å². The highest BCUT2D eigenvalue weighted by molar-refractivity contribution is 5.13. The van der Waals surface area contributed by atoms with Gasteiger partial charge < -0.3 is 9.84 Å². The maximum atomic E-state index is 8.20. The van der Waals surface area contributed by atoms with Crippen LogP contribution < -0.4 is 0 Å². The Bertz CT molecular complexity index is 655. The Morgan fingerprint density at radius 2 is 1.08 bits per heavy atom. The molecule has 0 saturated carbocycles. The minimum Gasteiger partial charge on any atom is -0.396 e. The van der Waals surface area contributed by atoms with Gasteiger partial charge in [0, 0.05) is 13.2 Å². The van der Waals surface area contributed by atoms with Gasteiger partial charge in [-0.3, -0.25) is 0 Å². The van der Waals surface area contributed by atoms with E-state index in [4.69, 9.17) is 19.6 Å². The van der Waals surface area contributed by atoms with Crippen LogP contribution in [0.3, 0.4) is 0 Å². The fourth-order valence-electron chi connectivity index (χ4n) is 2.36. The van der Waals surface area contributed by atoms with E-state index in [1.54, 1.807) is 0 Å². The molecule has 0 heterocycles. The average molecular weight is 505 g/mol. The highest BCUT2D eigenvalue weighted by Crippen LogP contribution is 2.14. The lowest BCUT2D eigenvalue weighted by molar-refractivity contribution is -0.393. The van der Waals surface area contributed by atoms with E-state index in [1.807, 2.05) is 77.9 Å². The standard InChI is InChI=1S/C12H18O.C8H18O2.C7H8.C5H12O/c1-2-3-7-10-13-11-12-8-5-4-6-9-12;1-7(2,3)9-10-8(4,5)6;1-7-5-3-2-4-6-7;1-2-3-4-5-6/h4-6,8-9H,2-3,7,10-11H2,1H3;1-6H3;2-6H,1H3;6H,2-5H2,1H3. The fraction of sp³-hybridized carbons (Fsp3) is 0.625. The Morgan fingerprint density at radius 1 is 0.639 bits per heavy atom. The molecule has 2 aromatic carbocycles. The van der Waals surface area contributed by atoms with Gasteiger partial charge in [0.15, 0.2) is 0 Å². The normalized spacial score (nSPS) is 10.7. The number of aliphatic hydroxyl groups is 1. The van der Waals surface area contributed by atoms with E-state index < -0.39 is 0 Å². The first-order chi connectivity index (χ1) is 16.9. The zero-order valence-corrected chi connectivity index (χ0v) is 24.8. The Kier molecular flexibility index (Phi) is 24.0. The van der Waals surface area contributed by atoms with Gasteiger partial charge in [-0.05, 0) is 66.9 Å². The smallest absolute Gasteiger partial charge is 0.0952 e. The Balaban J connectivity index is 0. The summed E-state index contributed by atoms with van der Waals surface area (Å²) >= 11 is 0. The quantitative estimate of drug-likeness (QED) is 0.199. The number of hydrogen-bond donors (Lipinski definition) is 1. The molecule has 0 spiro atoms. The molecule has 2 rings (SSSR count).